The molecule has 0 spiro atoms. The summed E-state index contributed by atoms with van der Waals surface area (Å²) in [4.78, 5) is 0. The largest absolute Gasteiger partial charge is 0.320 e. The highest BCUT2D eigenvalue weighted by Gasteiger charge is 1.98. The average Bonchev–Trinajstić information content (AvgIpc) is 2.08. The summed E-state index contributed by atoms with van der Waals surface area (Å²) in [5.74, 6) is 0. The van der Waals surface area contributed by atoms with Crippen LogP contribution in [0.4, 0.5) is 5.69 Å². The zero-order valence-corrected chi connectivity index (χ0v) is 10.5. The normalized spacial score (nSPS) is 9.50. The maximum absolute atomic E-state index is 7.16. The van der Waals surface area contributed by atoms with Gasteiger partial charge in [-0.1, -0.05) is 15.9 Å². The number of hydrogen-bond donors (Lipinski definition) is 2. The van der Waals surface area contributed by atoms with E-state index in [0.29, 0.717) is 0 Å². The molecular formula is C7H6BrIN2S. The Morgan fingerprint density at radius 1 is 1.58 bits per heavy atom. The zero-order valence-electron chi connectivity index (χ0n) is 5.97. The van der Waals surface area contributed by atoms with Crippen molar-refractivity contribution in [3.05, 3.63) is 28.2 Å². The number of rotatable bonds is 3. The quantitative estimate of drug-likeness (QED) is 0.490. The van der Waals surface area contributed by atoms with Crippen LogP contribution in [0.1, 0.15) is 5.56 Å². The molecule has 64 valence electrons. The van der Waals surface area contributed by atoms with Crippen LogP contribution in [-0.4, -0.2) is 6.21 Å². The predicted octanol–water partition coefficient (Wildman–Crippen LogP) is 3.86. The fraction of sp³-hybridized carbons (Fsp3) is 0. The van der Waals surface area contributed by atoms with Gasteiger partial charge in [0.1, 0.15) is 0 Å². The summed E-state index contributed by atoms with van der Waals surface area (Å²) in [5.41, 5.74) is 1.85. The summed E-state index contributed by atoms with van der Waals surface area (Å²) in [7, 11) is 1.49. The molecule has 0 aliphatic heterocycles. The Labute approximate surface area is 95.9 Å². The van der Waals surface area contributed by atoms with Crippen LogP contribution in [0.2, 0.25) is 0 Å². The minimum Gasteiger partial charge on any atom is -0.320 e. The van der Waals surface area contributed by atoms with E-state index in [9.17, 15) is 0 Å². The first kappa shape index (κ1) is 10.3. The zero-order chi connectivity index (χ0) is 8.97. The molecule has 0 unspecified atom stereocenters. The lowest BCUT2D eigenvalue weighted by molar-refractivity contribution is 1.53. The maximum Gasteiger partial charge on any atom is 0.0535 e. The van der Waals surface area contributed by atoms with Crippen LogP contribution < -0.4 is 4.72 Å². The fourth-order valence-electron chi connectivity index (χ4n) is 0.788. The van der Waals surface area contributed by atoms with Gasteiger partial charge in [0.05, 0.1) is 5.69 Å². The molecule has 0 aliphatic carbocycles. The minimum absolute atomic E-state index is 0.883. The van der Waals surface area contributed by atoms with Crippen molar-refractivity contribution in [2.75, 3.05) is 4.72 Å². The predicted molar refractivity (Wildman–Crippen MR) is 67.3 cm³/mol. The van der Waals surface area contributed by atoms with Crippen molar-refractivity contribution < 1.29 is 0 Å². The number of halogens is 2. The van der Waals surface area contributed by atoms with Gasteiger partial charge in [0.15, 0.2) is 0 Å². The lowest BCUT2D eigenvalue weighted by Gasteiger charge is -2.04. The molecule has 12 heavy (non-hydrogen) atoms. The Balaban J connectivity index is 3.02. The molecule has 0 heterocycles. The van der Waals surface area contributed by atoms with Gasteiger partial charge in [-0.15, -0.1) is 0 Å². The minimum atomic E-state index is 0.883. The fourth-order valence-corrected chi connectivity index (χ4v) is 2.15. The van der Waals surface area contributed by atoms with Crippen molar-refractivity contribution in [1.29, 1.82) is 5.41 Å². The first-order valence-corrected chi connectivity index (χ1v) is 7.27. The highest BCUT2D eigenvalue weighted by atomic mass is 127. The van der Waals surface area contributed by atoms with Gasteiger partial charge in [-0.05, 0) is 18.2 Å². The van der Waals surface area contributed by atoms with E-state index in [1.54, 1.807) is 0 Å². The molecule has 1 rings (SSSR count). The first-order chi connectivity index (χ1) is 5.77. The molecule has 2 N–H and O–H groups in total. The van der Waals surface area contributed by atoms with Crippen LogP contribution in [0, 0.1) is 5.41 Å². The van der Waals surface area contributed by atoms with E-state index in [1.807, 2.05) is 18.2 Å². The molecule has 0 fully saturated rings. The Morgan fingerprint density at radius 3 is 2.92 bits per heavy atom. The molecule has 0 saturated carbocycles. The van der Waals surface area contributed by atoms with E-state index in [1.165, 1.54) is 15.3 Å². The first-order valence-electron chi connectivity index (χ1n) is 3.11. The van der Waals surface area contributed by atoms with Gasteiger partial charge in [-0.3, -0.25) is 0 Å². The van der Waals surface area contributed by atoms with Crippen molar-refractivity contribution in [3.63, 3.8) is 0 Å². The lowest BCUT2D eigenvalue weighted by atomic mass is 10.2. The number of hydrogen-bond acceptors (Lipinski definition) is 3. The van der Waals surface area contributed by atoms with E-state index in [0.717, 1.165) is 15.7 Å². The van der Waals surface area contributed by atoms with Gasteiger partial charge in [0.25, 0.3) is 0 Å². The van der Waals surface area contributed by atoms with Crippen LogP contribution in [0.3, 0.4) is 0 Å². The van der Waals surface area contributed by atoms with Crippen LogP contribution >= 0.6 is 46.3 Å². The average molecular weight is 357 g/mol. The molecule has 5 heteroatoms. The second kappa shape index (κ2) is 5.08. The van der Waals surface area contributed by atoms with Crippen LogP contribution in [-0.2, 0) is 0 Å². The second-order valence-corrected chi connectivity index (χ2v) is 4.65. The Hall–Kier alpha value is 0.250. The third-order valence-electron chi connectivity index (χ3n) is 1.32. The van der Waals surface area contributed by atoms with Crippen molar-refractivity contribution in [1.82, 2.24) is 0 Å². The summed E-state index contributed by atoms with van der Waals surface area (Å²) < 4.78 is 4.08. The maximum atomic E-state index is 7.16. The van der Waals surface area contributed by atoms with Crippen LogP contribution in [0.25, 0.3) is 0 Å². The Kier molecular flexibility index (Phi) is 4.38. The number of anilines is 1. The molecule has 1 aromatic carbocycles. The van der Waals surface area contributed by atoms with Gasteiger partial charge in [-0.25, -0.2) is 0 Å². The summed E-state index contributed by atoms with van der Waals surface area (Å²) in [6.07, 6.45) is 1.33. The van der Waals surface area contributed by atoms with Gasteiger partial charge in [-0.2, -0.15) is 0 Å². The number of nitrogens with one attached hydrogen (secondary N) is 2. The highest BCUT2D eigenvalue weighted by Crippen LogP contribution is 2.23. The van der Waals surface area contributed by atoms with Gasteiger partial charge < -0.3 is 10.1 Å². The highest BCUT2D eigenvalue weighted by molar-refractivity contribution is 14.2. The summed E-state index contributed by atoms with van der Waals surface area (Å²) >= 11 is 5.50. The van der Waals surface area contributed by atoms with E-state index < -0.39 is 0 Å². The van der Waals surface area contributed by atoms with Crippen molar-refractivity contribution in [2.45, 2.75) is 0 Å². The molecular weight excluding hydrogens is 351 g/mol. The van der Waals surface area contributed by atoms with E-state index in [-0.39, 0.29) is 0 Å². The summed E-state index contributed by atoms with van der Waals surface area (Å²) in [5, 5.41) is 7.16. The van der Waals surface area contributed by atoms with Gasteiger partial charge >= 0.3 is 0 Å². The monoisotopic (exact) mass is 356 g/mol. The second-order valence-electron chi connectivity index (χ2n) is 2.06. The Bertz CT molecular complexity index is 293. The molecule has 0 aromatic heterocycles. The van der Waals surface area contributed by atoms with Crippen molar-refractivity contribution in [2.24, 2.45) is 0 Å². The molecule has 0 amide bonds. The standard InChI is InChI=1S/C7H6BrIN2S/c8-6-1-2-7(11-12-9)5(3-6)4-10/h1-4,10-11H. The van der Waals surface area contributed by atoms with Gasteiger partial charge in [0.2, 0.25) is 0 Å². The SMILES string of the molecule is N=Cc1cc(Br)ccc1NSI. The van der Waals surface area contributed by atoms with E-state index >= 15 is 0 Å². The molecule has 0 radical (unpaired) electrons. The molecule has 0 saturated heterocycles. The lowest BCUT2D eigenvalue weighted by Crippen LogP contribution is -1.89. The molecule has 0 aliphatic rings. The van der Waals surface area contributed by atoms with E-state index in [2.05, 4.69) is 41.9 Å². The summed E-state index contributed by atoms with van der Waals surface area (Å²) in [6, 6.07) is 5.79. The molecule has 2 nitrogen and oxygen atoms in total. The number of benzene rings is 1. The van der Waals surface area contributed by atoms with Crippen molar-refractivity contribution in [3.8, 4) is 0 Å². The molecule has 0 bridgehead atoms. The third-order valence-corrected chi connectivity index (χ3v) is 2.77. The smallest absolute Gasteiger partial charge is 0.0535 e. The molecule has 0 atom stereocenters. The Morgan fingerprint density at radius 2 is 2.33 bits per heavy atom. The van der Waals surface area contributed by atoms with Crippen molar-refractivity contribution >= 4 is 58.2 Å². The van der Waals surface area contributed by atoms with Crippen LogP contribution in [0.5, 0.6) is 0 Å². The third kappa shape index (κ3) is 2.63. The van der Waals surface area contributed by atoms with E-state index in [4.69, 9.17) is 5.41 Å². The van der Waals surface area contributed by atoms with Crippen LogP contribution in [0.15, 0.2) is 22.7 Å². The molecule has 1 aromatic rings. The summed E-state index contributed by atoms with van der Waals surface area (Å²) in [6.45, 7) is 0. The topological polar surface area (TPSA) is 35.9 Å². The van der Waals surface area contributed by atoms with Gasteiger partial charge in [0, 0.05) is 46.6 Å².